The van der Waals surface area contributed by atoms with Crippen LogP contribution in [-0.2, 0) is 4.74 Å². The number of aliphatic hydroxyl groups excluding tert-OH is 1. The van der Waals surface area contributed by atoms with Gasteiger partial charge in [-0.1, -0.05) is 0 Å². The van der Waals surface area contributed by atoms with Crippen LogP contribution in [-0.4, -0.2) is 44.8 Å². The van der Waals surface area contributed by atoms with Gasteiger partial charge in [0.05, 0.1) is 13.2 Å². The zero-order valence-electron chi connectivity index (χ0n) is 8.68. The van der Waals surface area contributed by atoms with E-state index in [1.807, 2.05) is 4.90 Å². The maximum atomic E-state index is 10.4. The summed E-state index contributed by atoms with van der Waals surface area (Å²) < 4.78 is 10.2. The number of anilines is 1. The van der Waals surface area contributed by atoms with E-state index in [0.717, 1.165) is 0 Å². The van der Waals surface area contributed by atoms with Crippen LogP contribution in [0.2, 0.25) is 0 Å². The van der Waals surface area contributed by atoms with E-state index in [1.165, 1.54) is 0 Å². The number of carbonyl (C=O) groups is 1. The summed E-state index contributed by atoms with van der Waals surface area (Å²) in [6, 6.07) is 3.30. The SMILES string of the molecule is COCCN(CCO)c1ccc(C=O)o1. The van der Waals surface area contributed by atoms with E-state index in [0.29, 0.717) is 31.9 Å². The van der Waals surface area contributed by atoms with Crippen molar-refractivity contribution in [3.05, 3.63) is 17.9 Å². The normalized spacial score (nSPS) is 10.3. The van der Waals surface area contributed by atoms with Crippen LogP contribution < -0.4 is 4.90 Å². The van der Waals surface area contributed by atoms with Gasteiger partial charge in [-0.05, 0) is 6.07 Å². The number of nitrogens with zero attached hydrogens (tertiary/aromatic N) is 1. The van der Waals surface area contributed by atoms with Crippen LogP contribution in [0.1, 0.15) is 10.6 Å². The summed E-state index contributed by atoms with van der Waals surface area (Å²) in [5, 5.41) is 8.87. The molecule has 1 heterocycles. The van der Waals surface area contributed by atoms with Crippen molar-refractivity contribution in [2.75, 3.05) is 38.3 Å². The van der Waals surface area contributed by atoms with Crippen molar-refractivity contribution in [1.82, 2.24) is 0 Å². The van der Waals surface area contributed by atoms with E-state index in [1.54, 1.807) is 19.2 Å². The number of methoxy groups -OCH3 is 1. The van der Waals surface area contributed by atoms with Gasteiger partial charge in [-0.15, -0.1) is 0 Å². The van der Waals surface area contributed by atoms with Crippen molar-refractivity contribution in [3.8, 4) is 0 Å². The smallest absolute Gasteiger partial charge is 0.196 e. The van der Waals surface area contributed by atoms with Crippen molar-refractivity contribution >= 4 is 12.2 Å². The van der Waals surface area contributed by atoms with Crippen molar-refractivity contribution in [1.29, 1.82) is 0 Å². The largest absolute Gasteiger partial charge is 0.438 e. The van der Waals surface area contributed by atoms with E-state index >= 15 is 0 Å². The van der Waals surface area contributed by atoms with Gasteiger partial charge >= 0.3 is 0 Å². The Labute approximate surface area is 88.2 Å². The first kappa shape index (κ1) is 11.7. The first-order chi connectivity index (χ1) is 7.31. The van der Waals surface area contributed by atoms with E-state index in [4.69, 9.17) is 14.3 Å². The molecule has 0 saturated carbocycles. The zero-order valence-corrected chi connectivity index (χ0v) is 8.68. The molecule has 1 aromatic heterocycles. The molecule has 84 valence electrons. The van der Waals surface area contributed by atoms with Crippen molar-refractivity contribution < 1.29 is 19.1 Å². The molecule has 0 atom stereocenters. The highest BCUT2D eigenvalue weighted by molar-refractivity contribution is 5.71. The van der Waals surface area contributed by atoms with Crippen molar-refractivity contribution in [3.63, 3.8) is 0 Å². The van der Waals surface area contributed by atoms with Crippen LogP contribution >= 0.6 is 0 Å². The van der Waals surface area contributed by atoms with Crippen LogP contribution in [0.4, 0.5) is 5.88 Å². The van der Waals surface area contributed by atoms with E-state index < -0.39 is 0 Å². The first-order valence-electron chi connectivity index (χ1n) is 4.71. The molecule has 5 heteroatoms. The number of hydrogen-bond acceptors (Lipinski definition) is 5. The number of furan rings is 1. The number of aliphatic hydroxyl groups is 1. The van der Waals surface area contributed by atoms with Gasteiger partial charge in [0.15, 0.2) is 17.9 Å². The predicted octanol–water partition coefficient (Wildman–Crippen LogP) is 0.537. The lowest BCUT2D eigenvalue weighted by molar-refractivity contribution is 0.110. The minimum absolute atomic E-state index is 0.0286. The van der Waals surface area contributed by atoms with Crippen LogP contribution in [0.25, 0.3) is 0 Å². The third-order valence-corrected chi connectivity index (χ3v) is 1.98. The highest BCUT2D eigenvalue weighted by atomic mass is 16.5. The lowest BCUT2D eigenvalue weighted by atomic mass is 10.4. The minimum atomic E-state index is 0.0286. The second-order valence-corrected chi connectivity index (χ2v) is 3.00. The third-order valence-electron chi connectivity index (χ3n) is 1.98. The topological polar surface area (TPSA) is 62.9 Å². The Kier molecular flexibility index (Phi) is 4.86. The van der Waals surface area contributed by atoms with Gasteiger partial charge in [-0.2, -0.15) is 0 Å². The average Bonchev–Trinajstić information content (AvgIpc) is 2.72. The molecule has 0 aliphatic rings. The summed E-state index contributed by atoms with van der Waals surface area (Å²) >= 11 is 0. The van der Waals surface area contributed by atoms with Gasteiger partial charge in [-0.3, -0.25) is 4.79 Å². The number of aldehydes is 1. The Morgan fingerprint density at radius 2 is 2.33 bits per heavy atom. The fourth-order valence-corrected chi connectivity index (χ4v) is 1.23. The Morgan fingerprint density at radius 1 is 1.53 bits per heavy atom. The van der Waals surface area contributed by atoms with Gasteiger partial charge in [0.2, 0.25) is 0 Å². The molecule has 0 aliphatic heterocycles. The van der Waals surface area contributed by atoms with Crippen molar-refractivity contribution in [2.24, 2.45) is 0 Å². The summed E-state index contributed by atoms with van der Waals surface area (Å²) in [5.41, 5.74) is 0. The molecular weight excluding hydrogens is 198 g/mol. The summed E-state index contributed by atoms with van der Waals surface area (Å²) in [5.74, 6) is 0.855. The summed E-state index contributed by atoms with van der Waals surface area (Å²) in [4.78, 5) is 12.2. The highest BCUT2D eigenvalue weighted by Gasteiger charge is 2.09. The molecule has 5 nitrogen and oxygen atoms in total. The molecule has 0 saturated heterocycles. The summed E-state index contributed by atoms with van der Waals surface area (Å²) in [7, 11) is 1.61. The van der Waals surface area contributed by atoms with Crippen LogP contribution in [0.5, 0.6) is 0 Å². The molecule has 0 unspecified atom stereocenters. The molecule has 0 amide bonds. The van der Waals surface area contributed by atoms with Gasteiger partial charge in [-0.25, -0.2) is 0 Å². The summed E-state index contributed by atoms with van der Waals surface area (Å²) in [6.07, 6.45) is 0.650. The molecule has 15 heavy (non-hydrogen) atoms. The Balaban J connectivity index is 2.64. The molecular formula is C10H15NO4. The molecule has 1 N–H and O–H groups in total. The van der Waals surface area contributed by atoms with Crippen LogP contribution in [0, 0.1) is 0 Å². The predicted molar refractivity (Wildman–Crippen MR) is 55.3 cm³/mol. The zero-order chi connectivity index (χ0) is 11.1. The van der Waals surface area contributed by atoms with Crippen LogP contribution in [0.3, 0.4) is 0 Å². The second kappa shape index (κ2) is 6.21. The molecule has 1 aromatic rings. The molecule has 0 aliphatic carbocycles. The Bertz CT molecular complexity index is 297. The van der Waals surface area contributed by atoms with E-state index in [2.05, 4.69) is 0 Å². The maximum Gasteiger partial charge on any atom is 0.196 e. The second-order valence-electron chi connectivity index (χ2n) is 3.00. The average molecular weight is 213 g/mol. The minimum Gasteiger partial charge on any atom is -0.438 e. The van der Waals surface area contributed by atoms with Crippen molar-refractivity contribution in [2.45, 2.75) is 0 Å². The van der Waals surface area contributed by atoms with Crippen LogP contribution in [0.15, 0.2) is 16.5 Å². The fraction of sp³-hybridized carbons (Fsp3) is 0.500. The quantitative estimate of drug-likeness (QED) is 0.670. The summed E-state index contributed by atoms with van der Waals surface area (Å²) in [6.45, 7) is 1.63. The standard InChI is InChI=1S/C10H15NO4/c1-14-7-5-11(4-6-12)10-3-2-9(8-13)15-10/h2-3,8,12H,4-7H2,1H3. The molecule has 0 bridgehead atoms. The first-order valence-corrected chi connectivity index (χ1v) is 4.71. The van der Waals surface area contributed by atoms with Gasteiger partial charge < -0.3 is 19.2 Å². The van der Waals surface area contributed by atoms with E-state index in [-0.39, 0.29) is 12.4 Å². The third kappa shape index (κ3) is 3.38. The Hall–Kier alpha value is -1.33. The molecule has 0 aromatic carbocycles. The number of ether oxygens (including phenoxy) is 1. The Morgan fingerprint density at radius 3 is 2.87 bits per heavy atom. The number of carbonyl (C=O) groups excluding carboxylic acids is 1. The number of hydrogen-bond donors (Lipinski definition) is 1. The lowest BCUT2D eigenvalue weighted by Crippen LogP contribution is -2.29. The molecule has 0 radical (unpaired) electrons. The highest BCUT2D eigenvalue weighted by Crippen LogP contribution is 2.16. The van der Waals surface area contributed by atoms with Gasteiger partial charge in [0, 0.05) is 26.3 Å². The molecule has 0 spiro atoms. The van der Waals surface area contributed by atoms with E-state index in [9.17, 15) is 4.79 Å². The van der Waals surface area contributed by atoms with Gasteiger partial charge in [0.25, 0.3) is 0 Å². The van der Waals surface area contributed by atoms with Gasteiger partial charge in [0.1, 0.15) is 0 Å². The monoisotopic (exact) mass is 213 g/mol. The number of rotatable bonds is 7. The fourth-order valence-electron chi connectivity index (χ4n) is 1.23. The molecule has 0 fully saturated rings. The molecule has 1 rings (SSSR count). The lowest BCUT2D eigenvalue weighted by Gasteiger charge is -2.19. The maximum absolute atomic E-state index is 10.4.